The average Bonchev–Trinajstić information content (AvgIpc) is 3.97. The lowest BCUT2D eigenvalue weighted by Crippen LogP contribution is -2.81. The van der Waals surface area contributed by atoms with Gasteiger partial charge in [-0.3, -0.25) is 24.4 Å². The van der Waals surface area contributed by atoms with Crippen molar-refractivity contribution < 1.29 is 43.5 Å². The number of rotatable bonds is 8. The number of piperidine rings is 1. The molecule has 0 amide bonds. The van der Waals surface area contributed by atoms with Crippen molar-refractivity contribution in [2.24, 2.45) is 11.3 Å². The van der Waals surface area contributed by atoms with E-state index < -0.39 is 57.5 Å². The summed E-state index contributed by atoms with van der Waals surface area (Å²) in [6.07, 6.45) is 9.38. The molecule has 14 nitrogen and oxygen atoms in total. The first-order chi connectivity index (χ1) is 31.2. The number of aromatic nitrogens is 2. The number of nitrogens with zero attached hydrogens (tertiary/aromatic N) is 4. The molecule has 2 aromatic carbocycles. The number of anilines is 1. The minimum absolute atomic E-state index is 0.135. The molecule has 344 valence electrons. The Morgan fingerprint density at radius 3 is 2.43 bits per heavy atom. The standard InChI is InChI=1S/C51H61N5O9/c1-8-47(60)25-31-26-50(45(58)63-6,41-34(15-20-55(28-31)29-47)35-22-32(13-14-38(35)53-41)33-12-10-18-52-27-33)37-23-36-39(24-40(37)62-5)54(4)43-49(36)17-21-56-19-11-16-48(9-2,42(49)56)44(65-30(3)57)51(43,61)46(59)64-7/h10-14,16,18,22-24,27,31,42-44,53,60-61H,8-9,15,17,19-21,25-26,28-29H2,1-7H3/t31-,42+,43-,44-,47+,48-,49-,50+,51+/m1/s1. The first-order valence-electron chi connectivity index (χ1n) is 23.1. The Bertz CT molecular complexity index is 2620. The van der Waals surface area contributed by atoms with E-state index in [1.807, 2.05) is 50.2 Å². The van der Waals surface area contributed by atoms with Crippen LogP contribution in [0.1, 0.15) is 75.3 Å². The number of carbonyl (C=O) groups is 3. The van der Waals surface area contributed by atoms with Gasteiger partial charge in [0.05, 0.1) is 33.0 Å². The summed E-state index contributed by atoms with van der Waals surface area (Å²) in [5, 5.41) is 26.5. The van der Waals surface area contributed by atoms with Crippen molar-refractivity contribution in [3.05, 3.63) is 89.4 Å². The Morgan fingerprint density at radius 1 is 0.938 bits per heavy atom. The second-order valence-electron chi connectivity index (χ2n) is 19.7. The third-order valence-corrected chi connectivity index (χ3v) is 16.7. The molecular weight excluding hydrogens is 827 g/mol. The van der Waals surface area contributed by atoms with E-state index in [2.05, 4.69) is 56.2 Å². The number of carbonyl (C=O) groups excluding carboxylic acids is 3. The molecule has 3 fully saturated rings. The van der Waals surface area contributed by atoms with Crippen LogP contribution in [-0.4, -0.2) is 138 Å². The molecule has 14 heteroatoms. The third-order valence-electron chi connectivity index (χ3n) is 16.7. The summed E-state index contributed by atoms with van der Waals surface area (Å²) in [5.74, 6) is -1.65. The van der Waals surface area contributed by atoms with E-state index in [4.69, 9.17) is 18.9 Å². The maximum Gasteiger partial charge on any atom is 0.344 e. The lowest BCUT2D eigenvalue weighted by atomic mass is 9.47. The van der Waals surface area contributed by atoms with Gasteiger partial charge in [0, 0.05) is 109 Å². The van der Waals surface area contributed by atoms with Gasteiger partial charge < -0.3 is 39.0 Å². The van der Waals surface area contributed by atoms with Crippen LogP contribution in [0.2, 0.25) is 0 Å². The van der Waals surface area contributed by atoms with E-state index in [0.29, 0.717) is 82.6 Å². The highest BCUT2D eigenvalue weighted by Gasteiger charge is 2.80. The highest BCUT2D eigenvalue weighted by molar-refractivity contribution is 5.96. The van der Waals surface area contributed by atoms with Gasteiger partial charge in [-0.2, -0.15) is 0 Å². The van der Waals surface area contributed by atoms with Gasteiger partial charge in [0.2, 0.25) is 5.60 Å². The van der Waals surface area contributed by atoms with Crippen LogP contribution in [0.15, 0.2) is 67.0 Å². The summed E-state index contributed by atoms with van der Waals surface area (Å²) in [4.78, 5) is 58.1. The quantitative estimate of drug-likeness (QED) is 0.122. The number of nitrogens with one attached hydrogen (secondary N) is 1. The summed E-state index contributed by atoms with van der Waals surface area (Å²) in [6.45, 7) is 8.50. The normalized spacial score (nSPS) is 34.6. The Hall–Kier alpha value is -5.28. The van der Waals surface area contributed by atoms with Crippen LogP contribution in [0.5, 0.6) is 5.75 Å². The topological polar surface area (TPSA) is 167 Å². The van der Waals surface area contributed by atoms with Crippen LogP contribution in [0.25, 0.3) is 22.0 Å². The number of pyridine rings is 1. The van der Waals surface area contributed by atoms with Crippen molar-refractivity contribution in [1.82, 2.24) is 19.8 Å². The molecule has 7 heterocycles. The minimum Gasteiger partial charge on any atom is -0.496 e. The van der Waals surface area contributed by atoms with Crippen LogP contribution in [0.3, 0.4) is 0 Å². The van der Waals surface area contributed by atoms with Gasteiger partial charge in [0.15, 0.2) is 6.10 Å². The zero-order chi connectivity index (χ0) is 45.8. The van der Waals surface area contributed by atoms with E-state index in [0.717, 1.165) is 44.5 Å². The van der Waals surface area contributed by atoms with Gasteiger partial charge in [-0.25, -0.2) is 4.79 Å². The molecule has 1 spiro atoms. The zero-order valence-electron chi connectivity index (χ0n) is 38.5. The highest BCUT2D eigenvalue weighted by atomic mass is 16.6. The largest absolute Gasteiger partial charge is 0.496 e. The summed E-state index contributed by atoms with van der Waals surface area (Å²) in [7, 11) is 6.15. The summed E-state index contributed by atoms with van der Waals surface area (Å²) >= 11 is 0. The molecule has 4 aromatic rings. The molecule has 2 aromatic heterocycles. The van der Waals surface area contributed by atoms with Gasteiger partial charge in [0.1, 0.15) is 11.2 Å². The SMILES string of the molecule is CC[C@]1(O)C[C@H]2CN(CCc3c([nH]c4ccc(-c5cccnc5)cc34)[C@@](C(=O)OC)(c3cc4c(cc3OC)N(C)[C@H]3[C@@](O)(C(=O)OC)[C@H](OC(C)=O)[C@]5(CC)C=CCN6CC[C@]43[C@@H]65)C2)C1. The van der Waals surface area contributed by atoms with E-state index in [9.17, 15) is 19.8 Å². The van der Waals surface area contributed by atoms with Gasteiger partial charge in [-0.05, 0) is 91.9 Å². The smallest absolute Gasteiger partial charge is 0.344 e. The van der Waals surface area contributed by atoms with Crippen LogP contribution < -0.4 is 9.64 Å². The van der Waals surface area contributed by atoms with E-state index >= 15 is 4.79 Å². The summed E-state index contributed by atoms with van der Waals surface area (Å²) in [6, 6.07) is 13.0. The number of esters is 3. The molecular formula is C51H61N5O9. The maximum absolute atomic E-state index is 15.6. The summed E-state index contributed by atoms with van der Waals surface area (Å²) in [5.41, 5.74) is 0.0191. The number of fused-ring (bicyclic) bond motifs is 6. The number of methoxy groups -OCH3 is 3. The Kier molecular flexibility index (Phi) is 10.3. The first-order valence-corrected chi connectivity index (χ1v) is 23.1. The van der Waals surface area contributed by atoms with Crippen molar-refractivity contribution in [2.45, 2.75) is 99.5 Å². The highest BCUT2D eigenvalue weighted by Crippen LogP contribution is 2.68. The monoisotopic (exact) mass is 887 g/mol. The molecule has 1 aliphatic carbocycles. The van der Waals surface area contributed by atoms with Crippen molar-refractivity contribution >= 4 is 34.5 Å². The number of hydrogen-bond acceptors (Lipinski definition) is 13. The van der Waals surface area contributed by atoms with Gasteiger partial charge >= 0.3 is 17.9 Å². The lowest BCUT2D eigenvalue weighted by Gasteiger charge is -2.63. The van der Waals surface area contributed by atoms with Crippen LogP contribution in [0, 0.1) is 11.3 Å². The number of aliphatic hydroxyl groups is 2. The van der Waals surface area contributed by atoms with Crippen molar-refractivity contribution in [1.29, 1.82) is 0 Å². The number of aromatic amines is 1. The predicted octanol–water partition coefficient (Wildman–Crippen LogP) is 5.05. The first kappa shape index (κ1) is 43.6. The molecule has 2 bridgehead atoms. The summed E-state index contributed by atoms with van der Waals surface area (Å²) < 4.78 is 24.2. The molecule has 6 aliphatic rings. The Morgan fingerprint density at radius 2 is 1.74 bits per heavy atom. The molecule has 5 aliphatic heterocycles. The fourth-order valence-corrected chi connectivity index (χ4v) is 14.3. The third kappa shape index (κ3) is 5.91. The fraction of sp³-hybridized carbons (Fsp3) is 0.529. The number of benzene rings is 2. The van der Waals surface area contributed by atoms with Crippen LogP contribution in [-0.2, 0) is 45.8 Å². The minimum atomic E-state index is -2.32. The Labute approximate surface area is 379 Å². The van der Waals surface area contributed by atoms with Crippen LogP contribution >= 0.6 is 0 Å². The number of ether oxygens (including phenoxy) is 4. The fourth-order valence-electron chi connectivity index (χ4n) is 14.3. The second-order valence-corrected chi connectivity index (χ2v) is 19.7. The molecule has 0 radical (unpaired) electrons. The molecule has 10 atom stereocenters. The predicted molar refractivity (Wildman–Crippen MR) is 244 cm³/mol. The molecule has 10 rings (SSSR count). The molecule has 65 heavy (non-hydrogen) atoms. The lowest BCUT2D eigenvalue weighted by molar-refractivity contribution is -0.228. The van der Waals surface area contributed by atoms with Crippen LogP contribution in [0.4, 0.5) is 5.69 Å². The van der Waals surface area contributed by atoms with Gasteiger partial charge in [-0.15, -0.1) is 0 Å². The molecule has 1 saturated carbocycles. The Balaban J connectivity index is 1.28. The van der Waals surface area contributed by atoms with Gasteiger partial charge in [-0.1, -0.05) is 38.1 Å². The molecule has 2 saturated heterocycles. The van der Waals surface area contributed by atoms with Crippen molar-refractivity contribution in [3.63, 3.8) is 0 Å². The average molecular weight is 888 g/mol. The van der Waals surface area contributed by atoms with Crippen molar-refractivity contribution in [3.8, 4) is 16.9 Å². The van der Waals surface area contributed by atoms with E-state index in [1.165, 1.54) is 21.1 Å². The maximum atomic E-state index is 15.6. The number of hydrogen-bond donors (Lipinski definition) is 3. The van der Waals surface area contributed by atoms with Gasteiger partial charge in [0.25, 0.3) is 0 Å². The number of likely N-dealkylation sites (N-methyl/N-ethyl adjacent to an activating group) is 1. The number of H-pyrrole nitrogens is 1. The zero-order valence-corrected chi connectivity index (χ0v) is 38.5. The molecule has 1 unspecified atom stereocenters. The van der Waals surface area contributed by atoms with Crippen molar-refractivity contribution in [2.75, 3.05) is 66.0 Å². The van der Waals surface area contributed by atoms with E-state index in [-0.39, 0.29) is 12.0 Å². The second kappa shape index (κ2) is 15.4. The van der Waals surface area contributed by atoms with E-state index in [1.54, 1.807) is 13.3 Å². The molecule has 3 N–H and O–H groups in total.